The smallest absolute Gasteiger partial charge is 0.316 e. The van der Waals surface area contributed by atoms with Crippen molar-refractivity contribution in [3.8, 4) is 6.01 Å². The van der Waals surface area contributed by atoms with Crippen molar-refractivity contribution in [2.45, 2.75) is 32.0 Å². The first-order valence-corrected chi connectivity index (χ1v) is 9.06. The van der Waals surface area contributed by atoms with E-state index in [9.17, 15) is 0 Å². The van der Waals surface area contributed by atoms with Crippen LogP contribution in [-0.4, -0.2) is 43.8 Å². The highest BCUT2D eigenvalue weighted by Crippen LogP contribution is 2.18. The van der Waals surface area contributed by atoms with Gasteiger partial charge >= 0.3 is 6.01 Å². The largest absolute Gasteiger partial charge is 0.460 e. The lowest BCUT2D eigenvalue weighted by Crippen LogP contribution is -2.38. The van der Waals surface area contributed by atoms with Gasteiger partial charge in [-0.2, -0.15) is 5.10 Å². The van der Waals surface area contributed by atoms with Crippen LogP contribution in [0.1, 0.15) is 24.0 Å². The minimum Gasteiger partial charge on any atom is -0.460 e. The molecule has 3 aromatic rings. The van der Waals surface area contributed by atoms with Crippen molar-refractivity contribution in [2.75, 3.05) is 13.1 Å². The predicted octanol–water partition coefficient (Wildman–Crippen LogP) is 2.76. The normalized spacial score (nSPS) is 15.8. The van der Waals surface area contributed by atoms with Gasteiger partial charge in [0.25, 0.3) is 0 Å². The third kappa shape index (κ3) is 4.46. The van der Waals surface area contributed by atoms with Gasteiger partial charge in [-0.3, -0.25) is 9.58 Å². The number of likely N-dealkylation sites (tertiary alicyclic amines) is 1. The standard InChI is InChI=1S/C20H23N5O/c1-4-17(14-18(5-1)16-25-11-3-10-23-25)15-24-12-6-19(7-13-24)26-20-21-8-2-9-22-20/h1-5,8-11,14,19H,6-7,12-13,15-16H2. The van der Waals surface area contributed by atoms with Crippen molar-refractivity contribution >= 4 is 0 Å². The van der Waals surface area contributed by atoms with Crippen LogP contribution in [0, 0.1) is 0 Å². The van der Waals surface area contributed by atoms with Crippen LogP contribution >= 0.6 is 0 Å². The lowest BCUT2D eigenvalue weighted by atomic mass is 10.1. The van der Waals surface area contributed by atoms with E-state index in [1.54, 1.807) is 18.5 Å². The van der Waals surface area contributed by atoms with Gasteiger partial charge in [0.15, 0.2) is 0 Å². The fraction of sp³-hybridized carbons (Fsp3) is 0.350. The molecular weight excluding hydrogens is 326 g/mol. The zero-order valence-electron chi connectivity index (χ0n) is 14.7. The van der Waals surface area contributed by atoms with Gasteiger partial charge in [0.05, 0.1) is 6.54 Å². The lowest BCUT2D eigenvalue weighted by Gasteiger charge is -2.31. The molecular formula is C20H23N5O. The Kier molecular flexibility index (Phi) is 5.21. The Labute approximate surface area is 153 Å². The van der Waals surface area contributed by atoms with Crippen LogP contribution in [-0.2, 0) is 13.1 Å². The summed E-state index contributed by atoms with van der Waals surface area (Å²) < 4.78 is 7.83. The number of rotatable bonds is 6. The van der Waals surface area contributed by atoms with Gasteiger partial charge in [0, 0.05) is 44.4 Å². The van der Waals surface area contributed by atoms with Crippen LogP contribution in [0.25, 0.3) is 0 Å². The van der Waals surface area contributed by atoms with Gasteiger partial charge in [-0.1, -0.05) is 24.3 Å². The van der Waals surface area contributed by atoms with Gasteiger partial charge in [-0.05, 0) is 36.1 Å². The summed E-state index contributed by atoms with van der Waals surface area (Å²) in [6.45, 7) is 3.84. The summed E-state index contributed by atoms with van der Waals surface area (Å²) in [7, 11) is 0. The minimum absolute atomic E-state index is 0.208. The molecule has 2 aromatic heterocycles. The molecule has 4 rings (SSSR count). The van der Waals surface area contributed by atoms with Crippen molar-refractivity contribution in [3.05, 3.63) is 72.3 Å². The van der Waals surface area contributed by atoms with Crippen molar-refractivity contribution < 1.29 is 4.74 Å². The Morgan fingerprint density at radius 3 is 2.42 bits per heavy atom. The van der Waals surface area contributed by atoms with Crippen LogP contribution in [0.5, 0.6) is 6.01 Å². The summed E-state index contributed by atoms with van der Waals surface area (Å²) in [5.41, 5.74) is 2.63. The fourth-order valence-electron chi connectivity index (χ4n) is 3.35. The molecule has 0 unspecified atom stereocenters. The molecule has 3 heterocycles. The van der Waals surface area contributed by atoms with E-state index in [0.717, 1.165) is 39.0 Å². The van der Waals surface area contributed by atoms with Gasteiger partial charge in [-0.25, -0.2) is 9.97 Å². The van der Waals surface area contributed by atoms with Crippen molar-refractivity contribution in [2.24, 2.45) is 0 Å². The summed E-state index contributed by atoms with van der Waals surface area (Å²) in [6.07, 6.45) is 9.46. The maximum Gasteiger partial charge on any atom is 0.316 e. The first-order valence-electron chi connectivity index (χ1n) is 9.06. The highest BCUT2D eigenvalue weighted by Gasteiger charge is 2.21. The van der Waals surface area contributed by atoms with E-state index in [0.29, 0.717) is 6.01 Å². The van der Waals surface area contributed by atoms with Gasteiger partial charge in [-0.15, -0.1) is 0 Å². The van der Waals surface area contributed by atoms with Crippen LogP contribution in [0.2, 0.25) is 0 Å². The number of aromatic nitrogens is 4. The molecule has 134 valence electrons. The van der Waals surface area contributed by atoms with E-state index in [1.165, 1.54) is 11.1 Å². The van der Waals surface area contributed by atoms with Crippen molar-refractivity contribution in [1.82, 2.24) is 24.6 Å². The van der Waals surface area contributed by atoms with Crippen LogP contribution in [0.3, 0.4) is 0 Å². The number of piperidine rings is 1. The molecule has 1 saturated heterocycles. The quantitative estimate of drug-likeness (QED) is 0.685. The molecule has 26 heavy (non-hydrogen) atoms. The second-order valence-corrected chi connectivity index (χ2v) is 6.65. The zero-order chi connectivity index (χ0) is 17.6. The van der Waals surface area contributed by atoms with E-state index < -0.39 is 0 Å². The SMILES string of the molecule is c1cnc(OC2CCN(Cc3cccc(Cn4cccn4)c3)CC2)nc1. The highest BCUT2D eigenvalue weighted by molar-refractivity contribution is 5.23. The molecule has 0 N–H and O–H groups in total. The van der Waals surface area contributed by atoms with Gasteiger partial charge in [0.2, 0.25) is 0 Å². The van der Waals surface area contributed by atoms with Gasteiger partial charge in [0.1, 0.15) is 6.10 Å². The molecule has 1 fully saturated rings. The molecule has 0 spiro atoms. The third-order valence-electron chi connectivity index (χ3n) is 4.65. The maximum atomic E-state index is 5.87. The molecule has 0 bridgehead atoms. The first-order chi connectivity index (χ1) is 12.8. The molecule has 6 heteroatoms. The number of nitrogens with zero attached hydrogens (tertiary/aromatic N) is 5. The monoisotopic (exact) mass is 349 g/mol. The second kappa shape index (κ2) is 8.10. The second-order valence-electron chi connectivity index (χ2n) is 6.65. The number of ether oxygens (including phenoxy) is 1. The highest BCUT2D eigenvalue weighted by atomic mass is 16.5. The minimum atomic E-state index is 0.208. The molecule has 0 radical (unpaired) electrons. The number of hydrogen-bond donors (Lipinski definition) is 0. The van der Waals surface area contributed by atoms with Crippen LogP contribution in [0.4, 0.5) is 0 Å². The number of benzene rings is 1. The lowest BCUT2D eigenvalue weighted by molar-refractivity contribution is 0.0892. The average molecular weight is 349 g/mol. The third-order valence-corrected chi connectivity index (χ3v) is 4.65. The number of hydrogen-bond acceptors (Lipinski definition) is 5. The Morgan fingerprint density at radius 2 is 1.69 bits per heavy atom. The fourth-order valence-corrected chi connectivity index (χ4v) is 3.35. The van der Waals surface area contributed by atoms with Crippen LogP contribution in [0.15, 0.2) is 61.2 Å². The molecule has 0 amide bonds. The summed E-state index contributed by atoms with van der Waals surface area (Å²) >= 11 is 0. The molecule has 1 aliphatic rings. The molecule has 0 aliphatic carbocycles. The van der Waals surface area contributed by atoms with Crippen molar-refractivity contribution in [1.29, 1.82) is 0 Å². The van der Waals surface area contributed by atoms with Crippen LogP contribution < -0.4 is 4.74 Å². The Morgan fingerprint density at radius 1 is 0.923 bits per heavy atom. The summed E-state index contributed by atoms with van der Waals surface area (Å²) in [4.78, 5) is 10.8. The summed E-state index contributed by atoms with van der Waals surface area (Å²) in [6, 6.07) is 13.0. The van der Waals surface area contributed by atoms with E-state index in [2.05, 4.69) is 44.2 Å². The van der Waals surface area contributed by atoms with E-state index in [1.807, 2.05) is 23.1 Å². The van der Waals surface area contributed by atoms with E-state index in [-0.39, 0.29) is 6.10 Å². The molecule has 0 saturated carbocycles. The molecule has 6 nitrogen and oxygen atoms in total. The Bertz CT molecular complexity index is 798. The maximum absolute atomic E-state index is 5.87. The molecule has 1 aromatic carbocycles. The van der Waals surface area contributed by atoms with E-state index in [4.69, 9.17) is 4.74 Å². The molecule has 0 atom stereocenters. The average Bonchev–Trinajstić information content (AvgIpc) is 3.18. The Balaban J connectivity index is 1.29. The predicted molar refractivity (Wildman–Crippen MR) is 98.7 cm³/mol. The molecule has 1 aliphatic heterocycles. The van der Waals surface area contributed by atoms with E-state index >= 15 is 0 Å². The first kappa shape index (κ1) is 16.7. The Hall–Kier alpha value is -2.73. The zero-order valence-corrected chi connectivity index (χ0v) is 14.7. The van der Waals surface area contributed by atoms with Crippen molar-refractivity contribution in [3.63, 3.8) is 0 Å². The summed E-state index contributed by atoms with van der Waals surface area (Å²) in [5.74, 6) is 0. The summed E-state index contributed by atoms with van der Waals surface area (Å²) in [5, 5.41) is 4.28. The topological polar surface area (TPSA) is 56.1 Å². The van der Waals surface area contributed by atoms with Gasteiger partial charge < -0.3 is 4.74 Å².